The molecular weight excluding hydrogens is 238 g/mol. The van der Waals surface area contributed by atoms with Crippen molar-refractivity contribution in [2.45, 2.75) is 78.2 Å². The first kappa shape index (κ1) is 16.5. The Hall–Kier alpha value is -0.570. The number of carboxylic acids is 1. The van der Waals surface area contributed by atoms with Crippen molar-refractivity contribution in [1.29, 1.82) is 0 Å². The molecule has 112 valence electrons. The molecule has 1 aliphatic carbocycles. The van der Waals surface area contributed by atoms with Gasteiger partial charge in [0.1, 0.15) is 6.04 Å². The van der Waals surface area contributed by atoms with Crippen LogP contribution in [0.3, 0.4) is 0 Å². The van der Waals surface area contributed by atoms with Crippen molar-refractivity contribution < 1.29 is 9.90 Å². The molecule has 19 heavy (non-hydrogen) atoms. The monoisotopic (exact) mass is 269 g/mol. The quantitative estimate of drug-likeness (QED) is 0.669. The Kier molecular flexibility index (Phi) is 6.84. The summed E-state index contributed by atoms with van der Waals surface area (Å²) in [6, 6.07) is -0.357. The third kappa shape index (κ3) is 5.52. The lowest BCUT2D eigenvalue weighted by atomic mass is 9.78. The van der Waals surface area contributed by atoms with E-state index in [1.54, 1.807) is 0 Å². The van der Waals surface area contributed by atoms with E-state index >= 15 is 0 Å². The molecule has 3 nitrogen and oxygen atoms in total. The molecule has 0 amide bonds. The van der Waals surface area contributed by atoms with Crippen LogP contribution in [0.5, 0.6) is 0 Å². The minimum absolute atomic E-state index is 0.355. The lowest BCUT2D eigenvalue weighted by molar-refractivity contribution is -0.139. The van der Waals surface area contributed by atoms with E-state index in [1.165, 1.54) is 32.1 Å². The third-order valence-electron chi connectivity index (χ3n) is 4.37. The van der Waals surface area contributed by atoms with Crippen LogP contribution in [0.4, 0.5) is 0 Å². The molecule has 0 aliphatic heterocycles. The number of rotatable bonds is 9. The van der Waals surface area contributed by atoms with E-state index in [-0.39, 0.29) is 6.04 Å². The second-order valence-electron chi connectivity index (χ2n) is 6.72. The van der Waals surface area contributed by atoms with Gasteiger partial charge in [-0.2, -0.15) is 0 Å². The summed E-state index contributed by atoms with van der Waals surface area (Å²) in [7, 11) is 0. The van der Waals surface area contributed by atoms with E-state index in [9.17, 15) is 9.90 Å². The number of nitrogens with one attached hydrogen (secondary N) is 1. The predicted octanol–water partition coefficient (Wildman–Crippen LogP) is 3.83. The molecule has 0 bridgehead atoms. The fourth-order valence-electron chi connectivity index (χ4n) is 3.50. The van der Waals surface area contributed by atoms with Gasteiger partial charge >= 0.3 is 5.97 Å². The van der Waals surface area contributed by atoms with Crippen LogP contribution in [0.2, 0.25) is 0 Å². The first-order chi connectivity index (χ1) is 8.99. The van der Waals surface area contributed by atoms with Gasteiger partial charge in [0.2, 0.25) is 0 Å². The normalized spacial score (nSPS) is 19.8. The van der Waals surface area contributed by atoms with E-state index in [4.69, 9.17) is 0 Å². The molecule has 1 aliphatic rings. The van der Waals surface area contributed by atoms with Gasteiger partial charge in [-0.25, -0.2) is 0 Å². The van der Waals surface area contributed by atoms with Crippen molar-refractivity contribution in [3.05, 3.63) is 0 Å². The van der Waals surface area contributed by atoms with Crippen LogP contribution >= 0.6 is 0 Å². The van der Waals surface area contributed by atoms with Gasteiger partial charge < -0.3 is 10.4 Å². The number of carbonyl (C=O) groups is 1. The number of carboxylic acid groups (broad SMARTS) is 1. The maximum Gasteiger partial charge on any atom is 0.320 e. The fourth-order valence-corrected chi connectivity index (χ4v) is 3.50. The zero-order valence-corrected chi connectivity index (χ0v) is 12.9. The number of unbranched alkanes of at least 4 members (excludes halogenated alkanes) is 1. The highest BCUT2D eigenvalue weighted by atomic mass is 16.4. The van der Waals surface area contributed by atoms with Crippen LogP contribution in [0, 0.1) is 11.3 Å². The van der Waals surface area contributed by atoms with E-state index in [2.05, 4.69) is 26.1 Å². The average Bonchev–Trinajstić information content (AvgIpc) is 2.76. The minimum Gasteiger partial charge on any atom is -0.480 e. The molecule has 0 saturated heterocycles. The molecule has 3 heteroatoms. The molecule has 1 unspecified atom stereocenters. The largest absolute Gasteiger partial charge is 0.480 e. The summed E-state index contributed by atoms with van der Waals surface area (Å²) in [6.45, 7) is 7.53. The topological polar surface area (TPSA) is 49.3 Å². The molecule has 0 radical (unpaired) electrons. The molecule has 1 rings (SSSR count). The van der Waals surface area contributed by atoms with Gasteiger partial charge in [0.25, 0.3) is 0 Å². The van der Waals surface area contributed by atoms with Crippen LogP contribution < -0.4 is 5.32 Å². The van der Waals surface area contributed by atoms with E-state index in [0.29, 0.717) is 11.3 Å². The molecule has 1 atom stereocenters. The standard InChI is InChI=1S/C16H31NO2/c1-4-5-8-14(15(18)19)17-12-16(11-13(2)3)9-6-7-10-16/h13-14,17H,4-12H2,1-3H3,(H,18,19). The maximum absolute atomic E-state index is 11.3. The lowest BCUT2D eigenvalue weighted by Crippen LogP contribution is -2.43. The van der Waals surface area contributed by atoms with Crippen molar-refractivity contribution >= 4 is 5.97 Å². The van der Waals surface area contributed by atoms with Crippen LogP contribution in [0.1, 0.15) is 72.1 Å². The highest BCUT2D eigenvalue weighted by molar-refractivity contribution is 5.73. The first-order valence-electron chi connectivity index (χ1n) is 7.95. The Labute approximate surface area is 118 Å². The second-order valence-corrected chi connectivity index (χ2v) is 6.72. The van der Waals surface area contributed by atoms with E-state index in [0.717, 1.165) is 25.8 Å². The zero-order chi connectivity index (χ0) is 14.3. The molecule has 2 N–H and O–H groups in total. The molecule has 0 aromatic carbocycles. The second kappa shape index (κ2) is 7.88. The van der Waals surface area contributed by atoms with Crippen LogP contribution in [0.15, 0.2) is 0 Å². The minimum atomic E-state index is -0.689. The Balaban J connectivity index is 2.51. The van der Waals surface area contributed by atoms with Gasteiger partial charge in [-0.1, -0.05) is 46.5 Å². The summed E-state index contributed by atoms with van der Waals surface area (Å²) in [5.74, 6) is 0.00460. The van der Waals surface area contributed by atoms with Crippen molar-refractivity contribution in [2.24, 2.45) is 11.3 Å². The van der Waals surface area contributed by atoms with Crippen LogP contribution in [-0.4, -0.2) is 23.7 Å². The molecule has 1 fully saturated rings. The highest BCUT2D eigenvalue weighted by Crippen LogP contribution is 2.42. The van der Waals surface area contributed by atoms with Gasteiger partial charge in [-0.05, 0) is 37.0 Å². The molecule has 0 aromatic heterocycles. The lowest BCUT2D eigenvalue weighted by Gasteiger charge is -2.32. The van der Waals surface area contributed by atoms with E-state index in [1.807, 2.05) is 0 Å². The highest BCUT2D eigenvalue weighted by Gasteiger charge is 2.35. The number of aliphatic carboxylic acids is 1. The Morgan fingerprint density at radius 2 is 1.95 bits per heavy atom. The van der Waals surface area contributed by atoms with Gasteiger partial charge in [-0.15, -0.1) is 0 Å². The van der Waals surface area contributed by atoms with Crippen molar-refractivity contribution in [3.8, 4) is 0 Å². The Morgan fingerprint density at radius 3 is 2.42 bits per heavy atom. The number of hydrogen-bond donors (Lipinski definition) is 2. The fraction of sp³-hybridized carbons (Fsp3) is 0.938. The predicted molar refractivity (Wildman–Crippen MR) is 79.3 cm³/mol. The summed E-state index contributed by atoms with van der Waals surface area (Å²) < 4.78 is 0. The number of hydrogen-bond acceptors (Lipinski definition) is 2. The van der Waals surface area contributed by atoms with Crippen molar-refractivity contribution in [3.63, 3.8) is 0 Å². The smallest absolute Gasteiger partial charge is 0.320 e. The summed E-state index contributed by atoms with van der Waals surface area (Å²) in [6.07, 6.45) is 9.16. The van der Waals surface area contributed by atoms with Gasteiger partial charge in [0.05, 0.1) is 0 Å². The van der Waals surface area contributed by atoms with Gasteiger partial charge in [0, 0.05) is 6.54 Å². The molecular formula is C16H31NO2. The van der Waals surface area contributed by atoms with Crippen LogP contribution in [0.25, 0.3) is 0 Å². The zero-order valence-electron chi connectivity index (χ0n) is 12.9. The van der Waals surface area contributed by atoms with E-state index < -0.39 is 5.97 Å². The molecule has 0 spiro atoms. The van der Waals surface area contributed by atoms with Crippen LogP contribution in [-0.2, 0) is 4.79 Å². The molecule has 1 saturated carbocycles. The summed E-state index contributed by atoms with van der Waals surface area (Å²) in [4.78, 5) is 11.3. The SMILES string of the molecule is CCCCC(NCC1(CC(C)C)CCCC1)C(=O)O. The van der Waals surface area contributed by atoms with Gasteiger partial charge in [0.15, 0.2) is 0 Å². The maximum atomic E-state index is 11.3. The summed E-state index contributed by atoms with van der Waals surface area (Å²) >= 11 is 0. The summed E-state index contributed by atoms with van der Waals surface area (Å²) in [5.41, 5.74) is 0.355. The van der Waals surface area contributed by atoms with Crippen molar-refractivity contribution in [1.82, 2.24) is 5.32 Å². The average molecular weight is 269 g/mol. The third-order valence-corrected chi connectivity index (χ3v) is 4.37. The summed E-state index contributed by atoms with van der Waals surface area (Å²) in [5, 5.41) is 12.6. The Morgan fingerprint density at radius 1 is 1.32 bits per heavy atom. The molecule has 0 heterocycles. The van der Waals surface area contributed by atoms with Crippen molar-refractivity contribution in [2.75, 3.05) is 6.54 Å². The van der Waals surface area contributed by atoms with Gasteiger partial charge in [-0.3, -0.25) is 4.79 Å². The Bertz CT molecular complexity index is 270. The molecule has 0 aromatic rings. The first-order valence-corrected chi connectivity index (χ1v) is 7.95.